The third-order valence-corrected chi connectivity index (χ3v) is 5.17. The molecule has 0 N–H and O–H groups in total. The number of nitrogens with zero attached hydrogens (tertiary/aromatic N) is 1. The van der Waals surface area contributed by atoms with Crippen molar-refractivity contribution in [3.63, 3.8) is 0 Å². The fourth-order valence-corrected chi connectivity index (χ4v) is 4.25. The molecule has 2 aliphatic rings. The average Bonchev–Trinajstić information content (AvgIpc) is 2.48. The minimum Gasteiger partial charge on any atom is -0.493 e. The molecule has 3 rings (SSSR count). The number of hydrogen-bond acceptors (Lipinski definition) is 4. The minimum atomic E-state index is -1.34. The van der Waals surface area contributed by atoms with Crippen molar-refractivity contribution in [1.82, 2.24) is 4.31 Å². The summed E-state index contributed by atoms with van der Waals surface area (Å²) in [6.07, 6.45) is 0.841. The Bertz CT molecular complexity index is 548. The van der Waals surface area contributed by atoms with Gasteiger partial charge in [-0.2, -0.15) is 4.31 Å². The van der Waals surface area contributed by atoms with Gasteiger partial charge in [0.2, 0.25) is 11.3 Å². The molecule has 0 aromatic heterocycles. The van der Waals surface area contributed by atoms with Crippen molar-refractivity contribution in [3.05, 3.63) is 23.3 Å². The molecule has 0 aliphatic carbocycles. The molecule has 3 atom stereocenters. The second kappa shape index (κ2) is 5.35. The number of methoxy groups -OCH3 is 2. The lowest BCUT2D eigenvalue weighted by Gasteiger charge is -2.42. The third-order valence-electron chi connectivity index (χ3n) is 4.04. The average molecular weight is 297 g/mol. The first-order chi connectivity index (χ1) is 9.65. The van der Waals surface area contributed by atoms with Gasteiger partial charge in [-0.3, -0.25) is 4.18 Å². The van der Waals surface area contributed by atoms with Gasteiger partial charge in [0.05, 0.1) is 26.9 Å². The van der Waals surface area contributed by atoms with Crippen LogP contribution in [0.5, 0.6) is 11.5 Å². The molecule has 0 spiro atoms. The highest BCUT2D eigenvalue weighted by molar-refractivity contribution is 7.77. The van der Waals surface area contributed by atoms with Crippen LogP contribution in [0.4, 0.5) is 0 Å². The normalized spacial score (nSPS) is 29.4. The molecular formula is C14H19NO4S. The highest BCUT2D eigenvalue weighted by Crippen LogP contribution is 2.43. The van der Waals surface area contributed by atoms with Crippen LogP contribution in [0, 0.1) is 5.92 Å². The van der Waals surface area contributed by atoms with Crippen LogP contribution in [0.2, 0.25) is 0 Å². The Morgan fingerprint density at radius 2 is 2.00 bits per heavy atom. The quantitative estimate of drug-likeness (QED) is 0.836. The number of rotatable bonds is 2. The Balaban J connectivity index is 2.08. The minimum absolute atomic E-state index is 0.119. The van der Waals surface area contributed by atoms with Crippen LogP contribution in [-0.4, -0.2) is 35.9 Å². The van der Waals surface area contributed by atoms with E-state index < -0.39 is 11.3 Å². The zero-order valence-corrected chi connectivity index (χ0v) is 12.7. The van der Waals surface area contributed by atoms with Crippen LogP contribution < -0.4 is 9.47 Å². The molecule has 2 aliphatic heterocycles. The Labute approximate surface area is 121 Å². The van der Waals surface area contributed by atoms with Crippen molar-refractivity contribution in [2.24, 2.45) is 5.92 Å². The van der Waals surface area contributed by atoms with Gasteiger partial charge >= 0.3 is 0 Å². The van der Waals surface area contributed by atoms with Crippen LogP contribution >= 0.6 is 0 Å². The molecular weight excluding hydrogens is 278 g/mol. The maximum atomic E-state index is 12.0. The van der Waals surface area contributed by atoms with E-state index in [1.807, 2.05) is 16.4 Å². The second-order valence-corrected chi connectivity index (χ2v) is 6.36. The van der Waals surface area contributed by atoms with Crippen molar-refractivity contribution in [3.8, 4) is 11.5 Å². The smallest absolute Gasteiger partial charge is 0.237 e. The standard InChI is InChI=1S/C14H19NO4S/c1-9-8-19-20(16)15-5-4-10-6-12(17-2)13(18-3)7-11(10)14(9)15/h6-7,9,14H,4-5,8H2,1-3H3/t9-,14-,20+/m1/s1. The molecule has 6 heteroatoms. The first kappa shape index (κ1) is 13.9. The molecule has 0 amide bonds. The summed E-state index contributed by atoms with van der Waals surface area (Å²) >= 11 is -1.34. The largest absolute Gasteiger partial charge is 0.493 e. The molecule has 0 bridgehead atoms. The molecule has 5 nitrogen and oxygen atoms in total. The summed E-state index contributed by atoms with van der Waals surface area (Å²) in [6.45, 7) is 3.38. The summed E-state index contributed by atoms with van der Waals surface area (Å²) in [6, 6.07) is 4.17. The van der Waals surface area contributed by atoms with Gasteiger partial charge < -0.3 is 9.47 Å². The van der Waals surface area contributed by atoms with E-state index in [9.17, 15) is 4.21 Å². The van der Waals surface area contributed by atoms with E-state index >= 15 is 0 Å². The first-order valence-corrected chi connectivity index (χ1v) is 7.75. The van der Waals surface area contributed by atoms with Gasteiger partial charge in [0.25, 0.3) is 0 Å². The molecule has 1 aromatic rings. The monoisotopic (exact) mass is 297 g/mol. The SMILES string of the molecule is COc1cc2c(cc1OC)[C@H]1[C@H](C)CO[S@](=O)N1CC2. The van der Waals surface area contributed by atoms with Gasteiger partial charge in [0, 0.05) is 12.5 Å². The first-order valence-electron chi connectivity index (χ1n) is 6.72. The van der Waals surface area contributed by atoms with Crippen molar-refractivity contribution in [2.45, 2.75) is 19.4 Å². The highest BCUT2D eigenvalue weighted by atomic mass is 32.2. The van der Waals surface area contributed by atoms with Crippen molar-refractivity contribution in [2.75, 3.05) is 27.4 Å². The maximum Gasteiger partial charge on any atom is 0.237 e. The summed E-state index contributed by atoms with van der Waals surface area (Å²) in [5.41, 5.74) is 2.42. The summed E-state index contributed by atoms with van der Waals surface area (Å²) in [7, 11) is 3.28. The molecule has 1 saturated heterocycles. The Hall–Kier alpha value is -1.11. The molecule has 0 unspecified atom stereocenters. The van der Waals surface area contributed by atoms with E-state index in [0.717, 1.165) is 24.5 Å². The van der Waals surface area contributed by atoms with E-state index in [4.69, 9.17) is 13.7 Å². The van der Waals surface area contributed by atoms with E-state index in [0.29, 0.717) is 12.5 Å². The fraction of sp³-hybridized carbons (Fsp3) is 0.571. The van der Waals surface area contributed by atoms with Crippen LogP contribution in [0.1, 0.15) is 24.1 Å². The zero-order chi connectivity index (χ0) is 14.3. The maximum absolute atomic E-state index is 12.0. The van der Waals surface area contributed by atoms with E-state index in [-0.39, 0.29) is 6.04 Å². The van der Waals surface area contributed by atoms with Gasteiger partial charge in [-0.25, -0.2) is 4.21 Å². The molecule has 1 aromatic carbocycles. The molecule has 0 saturated carbocycles. The Kier molecular flexibility index (Phi) is 3.70. The lowest BCUT2D eigenvalue weighted by atomic mass is 9.87. The van der Waals surface area contributed by atoms with Gasteiger partial charge in [0.15, 0.2) is 11.5 Å². The molecule has 1 fully saturated rings. The van der Waals surface area contributed by atoms with Crippen LogP contribution in [0.25, 0.3) is 0 Å². The number of benzene rings is 1. The van der Waals surface area contributed by atoms with Gasteiger partial charge in [-0.15, -0.1) is 0 Å². The predicted octanol–water partition coefficient (Wildman–Crippen LogP) is 1.85. The second-order valence-electron chi connectivity index (χ2n) is 5.22. The van der Waals surface area contributed by atoms with E-state index in [1.54, 1.807) is 14.2 Å². The highest BCUT2D eigenvalue weighted by Gasteiger charge is 2.39. The lowest BCUT2D eigenvalue weighted by molar-refractivity contribution is 0.123. The van der Waals surface area contributed by atoms with Gasteiger partial charge in [-0.05, 0) is 29.7 Å². The summed E-state index contributed by atoms with van der Waals surface area (Å²) in [4.78, 5) is 0. The van der Waals surface area contributed by atoms with Gasteiger partial charge in [-0.1, -0.05) is 6.92 Å². The van der Waals surface area contributed by atoms with E-state index in [1.165, 1.54) is 11.1 Å². The fourth-order valence-electron chi connectivity index (χ4n) is 3.04. The van der Waals surface area contributed by atoms with Crippen LogP contribution in [-0.2, 0) is 21.9 Å². The summed E-state index contributed by atoms with van der Waals surface area (Å²) in [5, 5.41) is 0. The molecule has 110 valence electrons. The van der Waals surface area contributed by atoms with Crippen molar-refractivity contribution >= 4 is 11.3 Å². The van der Waals surface area contributed by atoms with Crippen molar-refractivity contribution < 1.29 is 17.9 Å². The van der Waals surface area contributed by atoms with Gasteiger partial charge in [0.1, 0.15) is 0 Å². The van der Waals surface area contributed by atoms with E-state index in [2.05, 4.69) is 6.92 Å². The predicted molar refractivity (Wildman–Crippen MR) is 76.0 cm³/mol. The summed E-state index contributed by atoms with van der Waals surface area (Å²) in [5.74, 6) is 1.77. The Morgan fingerprint density at radius 3 is 2.70 bits per heavy atom. The third kappa shape index (κ3) is 2.12. The zero-order valence-electron chi connectivity index (χ0n) is 11.9. The number of fused-ring (bicyclic) bond motifs is 3. The summed E-state index contributed by atoms with van der Waals surface area (Å²) < 4.78 is 30.0. The lowest BCUT2D eigenvalue weighted by Crippen LogP contribution is -2.45. The number of hydrogen-bond donors (Lipinski definition) is 0. The van der Waals surface area contributed by atoms with Crippen LogP contribution in [0.3, 0.4) is 0 Å². The molecule has 20 heavy (non-hydrogen) atoms. The number of ether oxygens (including phenoxy) is 2. The molecule has 0 radical (unpaired) electrons. The van der Waals surface area contributed by atoms with Crippen LogP contribution in [0.15, 0.2) is 12.1 Å². The topological polar surface area (TPSA) is 48.0 Å². The Morgan fingerprint density at radius 1 is 1.30 bits per heavy atom. The van der Waals surface area contributed by atoms with Crippen molar-refractivity contribution in [1.29, 1.82) is 0 Å². The molecule has 2 heterocycles.